The van der Waals surface area contributed by atoms with Crippen molar-refractivity contribution >= 4 is 34.1 Å². The first-order valence-corrected chi connectivity index (χ1v) is 10.5. The molecular weight excluding hydrogens is 391 g/mol. The molecule has 0 bridgehead atoms. The van der Waals surface area contributed by atoms with Crippen molar-refractivity contribution in [3.05, 3.63) is 64.1 Å². The van der Waals surface area contributed by atoms with Crippen LogP contribution < -0.4 is 0 Å². The predicted octanol–water partition coefficient (Wildman–Crippen LogP) is 5.97. The van der Waals surface area contributed by atoms with Crippen LogP contribution in [0.3, 0.4) is 0 Å². The molecule has 146 valence electrons. The van der Waals surface area contributed by atoms with Crippen molar-refractivity contribution < 1.29 is 5.11 Å². The lowest BCUT2D eigenvalue weighted by atomic mass is 9.97. The van der Waals surface area contributed by atoms with E-state index in [2.05, 4.69) is 11.8 Å². The van der Waals surface area contributed by atoms with Crippen LogP contribution in [0.15, 0.2) is 48.5 Å². The summed E-state index contributed by atoms with van der Waals surface area (Å²) in [6, 6.07) is 15.3. The number of hydrogen-bond acceptors (Lipinski definition) is 3. The molecule has 28 heavy (non-hydrogen) atoms. The Kier molecular flexibility index (Phi) is 5.88. The molecular formula is C23H24Cl2N2O. The van der Waals surface area contributed by atoms with Crippen LogP contribution in [0.25, 0.3) is 22.2 Å². The molecule has 3 nitrogen and oxygen atoms in total. The molecule has 0 amide bonds. The van der Waals surface area contributed by atoms with E-state index in [4.69, 9.17) is 28.2 Å². The molecule has 1 aromatic heterocycles. The second-order valence-electron chi connectivity index (χ2n) is 7.76. The van der Waals surface area contributed by atoms with Gasteiger partial charge >= 0.3 is 0 Å². The summed E-state index contributed by atoms with van der Waals surface area (Å²) in [5, 5.41) is 13.4. The summed E-state index contributed by atoms with van der Waals surface area (Å²) < 4.78 is 0. The van der Waals surface area contributed by atoms with Gasteiger partial charge in [0.05, 0.1) is 17.3 Å². The zero-order valence-corrected chi connectivity index (χ0v) is 17.4. The first-order valence-electron chi connectivity index (χ1n) is 9.76. The molecule has 1 unspecified atom stereocenters. The third-order valence-corrected chi connectivity index (χ3v) is 6.10. The Balaban J connectivity index is 1.71. The fraction of sp³-hybridized carbons (Fsp3) is 0.348. The maximum absolute atomic E-state index is 11.1. The molecule has 0 spiro atoms. The first-order chi connectivity index (χ1) is 13.5. The Morgan fingerprint density at radius 2 is 1.71 bits per heavy atom. The molecule has 1 N–H and O–H groups in total. The number of β-amino-alcohol motifs (C(OH)–C–C–N with tert-alkyl or cyclic N) is 1. The Morgan fingerprint density at radius 3 is 2.43 bits per heavy atom. The van der Waals surface area contributed by atoms with E-state index in [1.54, 1.807) is 0 Å². The van der Waals surface area contributed by atoms with Crippen LogP contribution in [0.1, 0.15) is 31.4 Å². The van der Waals surface area contributed by atoms with Crippen molar-refractivity contribution in [3.63, 3.8) is 0 Å². The zero-order valence-electron chi connectivity index (χ0n) is 15.9. The van der Waals surface area contributed by atoms with Gasteiger partial charge in [0.2, 0.25) is 0 Å². The average Bonchev–Trinajstić information content (AvgIpc) is 2.69. The quantitative estimate of drug-likeness (QED) is 0.570. The minimum Gasteiger partial charge on any atom is -0.387 e. The largest absolute Gasteiger partial charge is 0.387 e. The number of aliphatic hydroxyl groups excluding tert-OH is 1. The second kappa shape index (κ2) is 8.38. The monoisotopic (exact) mass is 414 g/mol. The number of rotatable bonds is 4. The fourth-order valence-corrected chi connectivity index (χ4v) is 4.15. The standard InChI is InChI=1S/C23H24Cl2N2O/c1-15-8-10-27(11-9-15)14-23(28)20-13-21(16-2-4-17(24)5-3-16)26-22-12-18(25)6-7-19(20)22/h2-7,12-13,15,23,28H,8-11,14H2,1H3. The number of benzene rings is 2. The van der Waals surface area contributed by atoms with Crippen molar-refractivity contribution in [2.75, 3.05) is 19.6 Å². The van der Waals surface area contributed by atoms with E-state index in [0.717, 1.165) is 46.7 Å². The maximum Gasteiger partial charge on any atom is 0.0924 e. The summed E-state index contributed by atoms with van der Waals surface area (Å²) in [6.07, 6.45) is 1.80. The Labute approximate surface area is 175 Å². The van der Waals surface area contributed by atoms with Gasteiger partial charge in [-0.3, -0.25) is 0 Å². The highest BCUT2D eigenvalue weighted by molar-refractivity contribution is 6.31. The van der Waals surface area contributed by atoms with Crippen molar-refractivity contribution in [2.45, 2.75) is 25.9 Å². The minimum absolute atomic E-state index is 0.578. The number of hydrogen-bond donors (Lipinski definition) is 1. The van der Waals surface area contributed by atoms with Gasteiger partial charge in [-0.2, -0.15) is 0 Å². The van der Waals surface area contributed by atoms with Crippen LogP contribution in [0, 0.1) is 5.92 Å². The van der Waals surface area contributed by atoms with Crippen molar-refractivity contribution in [2.24, 2.45) is 5.92 Å². The summed E-state index contributed by atoms with van der Waals surface area (Å²) in [7, 11) is 0. The van der Waals surface area contributed by atoms with E-state index in [1.165, 1.54) is 12.8 Å². The molecule has 2 aromatic carbocycles. The van der Waals surface area contributed by atoms with Crippen LogP contribution in [0.5, 0.6) is 0 Å². The van der Waals surface area contributed by atoms with E-state index in [1.807, 2.05) is 48.5 Å². The Morgan fingerprint density at radius 1 is 1.04 bits per heavy atom. The molecule has 2 heterocycles. The Hall–Kier alpha value is -1.65. The summed E-state index contributed by atoms with van der Waals surface area (Å²) in [5.74, 6) is 0.772. The van der Waals surface area contributed by atoms with Gasteiger partial charge in [-0.25, -0.2) is 4.98 Å². The molecule has 1 atom stereocenters. The summed E-state index contributed by atoms with van der Waals surface area (Å²) in [5.41, 5.74) is 3.46. The zero-order chi connectivity index (χ0) is 19.7. The molecule has 0 aliphatic carbocycles. The third kappa shape index (κ3) is 4.33. The molecule has 1 saturated heterocycles. The van der Waals surface area contributed by atoms with Gasteiger partial charge in [-0.1, -0.05) is 48.3 Å². The highest BCUT2D eigenvalue weighted by atomic mass is 35.5. The van der Waals surface area contributed by atoms with E-state index in [9.17, 15) is 5.11 Å². The second-order valence-corrected chi connectivity index (χ2v) is 8.64. The third-order valence-electron chi connectivity index (χ3n) is 5.61. The minimum atomic E-state index is -0.578. The number of piperidine rings is 1. The van der Waals surface area contributed by atoms with Crippen molar-refractivity contribution in [1.29, 1.82) is 0 Å². The highest BCUT2D eigenvalue weighted by Gasteiger charge is 2.21. The molecule has 0 radical (unpaired) electrons. The molecule has 3 aromatic rings. The number of pyridine rings is 1. The van der Waals surface area contributed by atoms with E-state index in [-0.39, 0.29) is 0 Å². The van der Waals surface area contributed by atoms with Crippen LogP contribution in [-0.2, 0) is 0 Å². The number of fused-ring (bicyclic) bond motifs is 1. The predicted molar refractivity (Wildman–Crippen MR) is 117 cm³/mol. The number of aromatic nitrogens is 1. The molecule has 4 rings (SSSR count). The number of aliphatic hydroxyl groups is 1. The average molecular weight is 415 g/mol. The van der Waals surface area contributed by atoms with Gasteiger partial charge in [0.1, 0.15) is 0 Å². The van der Waals surface area contributed by atoms with Crippen LogP contribution in [-0.4, -0.2) is 34.6 Å². The van der Waals surface area contributed by atoms with Gasteiger partial charge in [0.25, 0.3) is 0 Å². The summed E-state index contributed by atoms with van der Waals surface area (Å²) >= 11 is 12.2. The lowest BCUT2D eigenvalue weighted by Gasteiger charge is -2.32. The maximum atomic E-state index is 11.1. The van der Waals surface area contributed by atoms with Gasteiger partial charge in [-0.05, 0) is 67.7 Å². The fourth-order valence-electron chi connectivity index (χ4n) is 3.86. The SMILES string of the molecule is CC1CCN(CC(O)c2cc(-c3ccc(Cl)cc3)nc3cc(Cl)ccc23)CC1. The Bertz CT molecular complexity index is 966. The van der Waals surface area contributed by atoms with Crippen molar-refractivity contribution in [3.8, 4) is 11.3 Å². The van der Waals surface area contributed by atoms with Gasteiger partial charge in [0.15, 0.2) is 0 Å². The normalized spacial score (nSPS) is 17.1. The summed E-state index contributed by atoms with van der Waals surface area (Å²) in [4.78, 5) is 7.14. The topological polar surface area (TPSA) is 36.4 Å². The smallest absolute Gasteiger partial charge is 0.0924 e. The molecule has 0 saturated carbocycles. The van der Waals surface area contributed by atoms with Crippen LogP contribution >= 0.6 is 23.2 Å². The van der Waals surface area contributed by atoms with E-state index >= 15 is 0 Å². The van der Waals surface area contributed by atoms with Crippen molar-refractivity contribution in [1.82, 2.24) is 9.88 Å². The number of nitrogens with zero attached hydrogens (tertiary/aromatic N) is 2. The molecule has 1 aliphatic rings. The lowest BCUT2D eigenvalue weighted by molar-refractivity contribution is 0.0925. The lowest BCUT2D eigenvalue weighted by Crippen LogP contribution is -2.36. The van der Waals surface area contributed by atoms with Crippen LogP contribution in [0.2, 0.25) is 10.0 Å². The molecule has 1 aliphatic heterocycles. The van der Waals surface area contributed by atoms with Gasteiger partial charge in [0, 0.05) is 27.5 Å². The molecule has 1 fully saturated rings. The number of likely N-dealkylation sites (tertiary alicyclic amines) is 1. The first kappa shape index (κ1) is 19.7. The molecule has 5 heteroatoms. The van der Waals surface area contributed by atoms with E-state index in [0.29, 0.717) is 16.6 Å². The summed E-state index contributed by atoms with van der Waals surface area (Å²) in [6.45, 7) is 5.01. The van der Waals surface area contributed by atoms with E-state index < -0.39 is 6.10 Å². The highest BCUT2D eigenvalue weighted by Crippen LogP contribution is 2.31. The number of halogens is 2. The van der Waals surface area contributed by atoms with Crippen LogP contribution in [0.4, 0.5) is 0 Å². The van der Waals surface area contributed by atoms with Gasteiger partial charge < -0.3 is 10.0 Å². The van der Waals surface area contributed by atoms with Gasteiger partial charge in [-0.15, -0.1) is 0 Å².